The summed E-state index contributed by atoms with van der Waals surface area (Å²) in [7, 11) is 0. The molecule has 5 nitrogen and oxygen atoms in total. The molecule has 0 bridgehead atoms. The highest BCUT2D eigenvalue weighted by atomic mass is 16.7. The van der Waals surface area contributed by atoms with E-state index in [1.807, 2.05) is 6.07 Å². The molecule has 1 aliphatic rings. The van der Waals surface area contributed by atoms with Crippen LogP contribution >= 0.6 is 0 Å². The lowest BCUT2D eigenvalue weighted by molar-refractivity contribution is -0.504. The molecule has 0 aromatic heterocycles. The molecule has 1 aromatic carbocycles. The number of hydrogen-bond acceptors (Lipinski definition) is 4. The molecule has 1 aromatic rings. The Kier molecular flexibility index (Phi) is 2.76. The van der Waals surface area contributed by atoms with Crippen LogP contribution in [-0.2, 0) is 0 Å². The minimum atomic E-state index is -0.689. The largest absolute Gasteiger partial charge is 0.454 e. The molecule has 0 N–H and O–H groups in total. The van der Waals surface area contributed by atoms with Gasteiger partial charge in [0.05, 0.1) is 0 Å². The van der Waals surface area contributed by atoms with Crippen LogP contribution in [0.5, 0.6) is 11.5 Å². The number of benzene rings is 1. The number of ether oxygens (including phenoxy) is 2. The van der Waals surface area contributed by atoms with Crippen molar-refractivity contribution in [2.75, 3.05) is 6.79 Å². The van der Waals surface area contributed by atoms with E-state index < -0.39 is 6.04 Å². The van der Waals surface area contributed by atoms with Gasteiger partial charge in [0.1, 0.15) is 0 Å². The molecule has 0 saturated heterocycles. The SMILES string of the molecule is CC(/C=C/c1ccc2c(c1)OCO2)[N+](=O)[O-]. The van der Waals surface area contributed by atoms with E-state index in [2.05, 4.69) is 0 Å². The van der Waals surface area contributed by atoms with Crippen LogP contribution in [0.4, 0.5) is 0 Å². The molecular weight excluding hydrogens is 210 g/mol. The van der Waals surface area contributed by atoms with E-state index in [1.54, 1.807) is 18.2 Å². The molecule has 1 atom stereocenters. The molecule has 0 spiro atoms. The summed E-state index contributed by atoms with van der Waals surface area (Å²) in [6, 6.07) is 4.73. The fourth-order valence-corrected chi connectivity index (χ4v) is 1.34. The summed E-state index contributed by atoms with van der Waals surface area (Å²) in [5.41, 5.74) is 0.859. The minimum Gasteiger partial charge on any atom is -0.454 e. The smallest absolute Gasteiger partial charge is 0.231 e. The average Bonchev–Trinajstić information content (AvgIpc) is 2.72. The predicted molar refractivity (Wildman–Crippen MR) is 58.1 cm³/mol. The van der Waals surface area contributed by atoms with Crippen LogP contribution in [0.3, 0.4) is 0 Å². The zero-order valence-electron chi connectivity index (χ0n) is 8.75. The number of hydrogen-bond donors (Lipinski definition) is 0. The van der Waals surface area contributed by atoms with Gasteiger partial charge in [-0.25, -0.2) is 0 Å². The molecule has 1 aliphatic heterocycles. The Labute approximate surface area is 92.4 Å². The minimum absolute atomic E-state index is 0.230. The fourth-order valence-electron chi connectivity index (χ4n) is 1.34. The van der Waals surface area contributed by atoms with E-state index in [0.29, 0.717) is 11.5 Å². The lowest BCUT2D eigenvalue weighted by Gasteiger charge is -1.98. The molecule has 5 heteroatoms. The Morgan fingerprint density at radius 1 is 1.44 bits per heavy atom. The van der Waals surface area contributed by atoms with Crippen LogP contribution in [0.25, 0.3) is 6.08 Å². The molecule has 84 valence electrons. The van der Waals surface area contributed by atoms with Gasteiger partial charge in [0.2, 0.25) is 12.8 Å². The van der Waals surface area contributed by atoms with Gasteiger partial charge in [-0.2, -0.15) is 0 Å². The molecular formula is C11H11NO4. The van der Waals surface area contributed by atoms with E-state index in [4.69, 9.17) is 9.47 Å². The normalized spacial score (nSPS) is 15.3. The molecule has 0 aliphatic carbocycles. The maximum atomic E-state index is 10.4. The monoisotopic (exact) mass is 221 g/mol. The van der Waals surface area contributed by atoms with Gasteiger partial charge in [-0.3, -0.25) is 10.1 Å². The zero-order chi connectivity index (χ0) is 11.5. The molecule has 2 rings (SSSR count). The average molecular weight is 221 g/mol. The van der Waals surface area contributed by atoms with Crippen molar-refractivity contribution in [3.8, 4) is 11.5 Å². The van der Waals surface area contributed by atoms with Gasteiger partial charge in [0.15, 0.2) is 11.5 Å². The van der Waals surface area contributed by atoms with Crippen molar-refractivity contribution in [2.45, 2.75) is 13.0 Å². The Balaban J connectivity index is 2.13. The Morgan fingerprint density at radius 2 is 2.19 bits per heavy atom. The van der Waals surface area contributed by atoms with Crippen molar-refractivity contribution in [2.24, 2.45) is 0 Å². The van der Waals surface area contributed by atoms with E-state index in [1.165, 1.54) is 13.0 Å². The standard InChI is InChI=1S/C11H11NO4/c1-8(12(13)14)2-3-9-4-5-10-11(6-9)16-7-15-10/h2-6,8H,7H2,1H3/b3-2+. The number of fused-ring (bicyclic) bond motifs is 1. The summed E-state index contributed by atoms with van der Waals surface area (Å²) in [6.07, 6.45) is 3.24. The van der Waals surface area contributed by atoms with E-state index >= 15 is 0 Å². The lowest BCUT2D eigenvalue weighted by Crippen LogP contribution is -2.10. The number of rotatable bonds is 3. The predicted octanol–water partition coefficient (Wildman–Crippen LogP) is 2.09. The van der Waals surface area contributed by atoms with Crippen LogP contribution in [0, 0.1) is 10.1 Å². The third-order valence-electron chi connectivity index (χ3n) is 2.30. The molecule has 0 fully saturated rings. The van der Waals surface area contributed by atoms with Crippen molar-refractivity contribution in [3.05, 3.63) is 40.0 Å². The Bertz CT molecular complexity index is 442. The Morgan fingerprint density at radius 3 is 2.94 bits per heavy atom. The highest BCUT2D eigenvalue weighted by Crippen LogP contribution is 2.32. The van der Waals surface area contributed by atoms with Gasteiger partial charge >= 0.3 is 0 Å². The van der Waals surface area contributed by atoms with Crippen molar-refractivity contribution in [3.63, 3.8) is 0 Å². The van der Waals surface area contributed by atoms with E-state index in [0.717, 1.165) is 5.56 Å². The summed E-state index contributed by atoms with van der Waals surface area (Å²) >= 11 is 0. The molecule has 16 heavy (non-hydrogen) atoms. The first-order valence-electron chi connectivity index (χ1n) is 4.88. The van der Waals surface area contributed by atoms with Crippen LogP contribution < -0.4 is 9.47 Å². The molecule has 0 radical (unpaired) electrons. The van der Waals surface area contributed by atoms with Crippen molar-refractivity contribution in [1.82, 2.24) is 0 Å². The number of nitro groups is 1. The topological polar surface area (TPSA) is 61.6 Å². The summed E-state index contributed by atoms with van der Waals surface area (Å²) in [5, 5.41) is 10.4. The second-order valence-electron chi connectivity index (χ2n) is 3.50. The summed E-state index contributed by atoms with van der Waals surface area (Å²) < 4.78 is 10.4. The van der Waals surface area contributed by atoms with E-state index in [-0.39, 0.29) is 11.7 Å². The molecule has 0 saturated carbocycles. The molecule has 1 unspecified atom stereocenters. The maximum Gasteiger partial charge on any atom is 0.231 e. The van der Waals surface area contributed by atoms with Crippen LogP contribution in [-0.4, -0.2) is 17.8 Å². The second kappa shape index (κ2) is 4.22. The summed E-state index contributed by atoms with van der Waals surface area (Å²) in [4.78, 5) is 10.1. The van der Waals surface area contributed by atoms with Crippen molar-refractivity contribution < 1.29 is 14.4 Å². The van der Waals surface area contributed by atoms with Crippen molar-refractivity contribution >= 4 is 6.08 Å². The lowest BCUT2D eigenvalue weighted by atomic mass is 10.1. The summed E-state index contributed by atoms with van der Waals surface area (Å²) in [5.74, 6) is 1.38. The third kappa shape index (κ3) is 2.13. The molecule has 1 heterocycles. The highest BCUT2D eigenvalue weighted by Gasteiger charge is 2.12. The maximum absolute atomic E-state index is 10.4. The fraction of sp³-hybridized carbons (Fsp3) is 0.273. The van der Waals surface area contributed by atoms with E-state index in [9.17, 15) is 10.1 Å². The zero-order valence-corrected chi connectivity index (χ0v) is 8.75. The first-order valence-corrected chi connectivity index (χ1v) is 4.88. The molecule has 0 amide bonds. The van der Waals surface area contributed by atoms with Gasteiger partial charge in [-0.05, 0) is 23.8 Å². The first-order chi connectivity index (χ1) is 7.66. The first kappa shape index (κ1) is 10.5. The van der Waals surface area contributed by atoms with Gasteiger partial charge < -0.3 is 9.47 Å². The van der Waals surface area contributed by atoms with Gasteiger partial charge in [0, 0.05) is 11.8 Å². The van der Waals surface area contributed by atoms with Gasteiger partial charge in [-0.1, -0.05) is 12.1 Å². The third-order valence-corrected chi connectivity index (χ3v) is 2.30. The summed E-state index contributed by atoms with van der Waals surface area (Å²) in [6.45, 7) is 1.76. The van der Waals surface area contributed by atoms with Crippen LogP contribution in [0.1, 0.15) is 12.5 Å². The number of nitrogens with zero attached hydrogens (tertiary/aromatic N) is 1. The quantitative estimate of drug-likeness (QED) is 0.579. The Hall–Kier alpha value is -2.04. The second-order valence-corrected chi connectivity index (χ2v) is 3.50. The van der Waals surface area contributed by atoms with Gasteiger partial charge in [0.25, 0.3) is 0 Å². The van der Waals surface area contributed by atoms with Crippen LogP contribution in [0.15, 0.2) is 24.3 Å². The van der Waals surface area contributed by atoms with Crippen LogP contribution in [0.2, 0.25) is 0 Å². The highest BCUT2D eigenvalue weighted by molar-refractivity contribution is 5.56. The van der Waals surface area contributed by atoms with Crippen molar-refractivity contribution in [1.29, 1.82) is 0 Å². The van der Waals surface area contributed by atoms with Gasteiger partial charge in [-0.15, -0.1) is 0 Å².